The number of rotatable bonds is 0. The molecule has 0 radical (unpaired) electrons. The summed E-state index contributed by atoms with van der Waals surface area (Å²) in [5.74, 6) is 0. The van der Waals surface area contributed by atoms with Gasteiger partial charge in [-0.2, -0.15) is 0 Å². The van der Waals surface area contributed by atoms with Gasteiger partial charge in [-0.25, -0.2) is 0 Å². The Labute approximate surface area is 154 Å². The second-order valence-corrected chi connectivity index (χ2v) is 6.65. The van der Waals surface area contributed by atoms with Gasteiger partial charge in [-0.05, 0) is 39.4 Å². The minimum atomic E-state index is -0.206. The minimum absolute atomic E-state index is 0.206. The summed E-state index contributed by atoms with van der Waals surface area (Å²) in [6, 6.07) is 28.8. The van der Waals surface area contributed by atoms with Crippen molar-refractivity contribution in [2.45, 2.75) is 19.3 Å². The summed E-state index contributed by atoms with van der Waals surface area (Å²) < 4.78 is 0. The van der Waals surface area contributed by atoms with Crippen molar-refractivity contribution >= 4 is 0 Å². The highest BCUT2D eigenvalue weighted by molar-refractivity contribution is 5.94. The van der Waals surface area contributed by atoms with E-state index in [-0.39, 0.29) is 5.41 Å². The first kappa shape index (κ1) is 15.2. The van der Waals surface area contributed by atoms with E-state index < -0.39 is 0 Å². The molecule has 0 saturated carbocycles. The van der Waals surface area contributed by atoms with Crippen molar-refractivity contribution in [3.63, 3.8) is 0 Å². The van der Waals surface area contributed by atoms with Crippen molar-refractivity contribution in [1.29, 1.82) is 0 Å². The maximum Gasteiger partial charge on any atom is 0.0875 e. The smallest absolute Gasteiger partial charge is 0.0875 e. The molecule has 1 nitrogen and oxygen atoms in total. The van der Waals surface area contributed by atoms with Gasteiger partial charge in [0.15, 0.2) is 0 Å². The van der Waals surface area contributed by atoms with Crippen LogP contribution in [0.2, 0.25) is 0 Å². The van der Waals surface area contributed by atoms with E-state index in [2.05, 4.69) is 90.0 Å². The fourth-order valence-corrected chi connectivity index (χ4v) is 4.88. The quantitative estimate of drug-likeness (QED) is 0.331. The third kappa shape index (κ3) is 1.61. The third-order valence-corrected chi connectivity index (χ3v) is 5.70. The molecule has 1 heteroatoms. The number of fused-ring (bicyclic) bond motifs is 10. The summed E-state index contributed by atoms with van der Waals surface area (Å²) in [6.07, 6.45) is 2.08. The third-order valence-electron chi connectivity index (χ3n) is 5.70. The zero-order valence-corrected chi connectivity index (χ0v) is 15.1. The van der Waals surface area contributed by atoms with Crippen molar-refractivity contribution in [2.24, 2.45) is 0 Å². The van der Waals surface area contributed by atoms with E-state index in [9.17, 15) is 0 Å². The first-order valence-corrected chi connectivity index (χ1v) is 9.39. The number of nitrogens with one attached hydrogen (secondary N) is 1. The molecule has 0 atom stereocenters. The van der Waals surface area contributed by atoms with Crippen LogP contribution in [0.15, 0.2) is 85.1 Å². The van der Waals surface area contributed by atoms with E-state index in [4.69, 9.17) is 0 Å². The Kier molecular flexibility index (Phi) is 3.20. The van der Waals surface area contributed by atoms with Gasteiger partial charge in [0.25, 0.3) is 0 Å². The van der Waals surface area contributed by atoms with E-state index >= 15 is 0 Å². The van der Waals surface area contributed by atoms with Crippen LogP contribution in [0.3, 0.4) is 0 Å². The van der Waals surface area contributed by atoms with Crippen LogP contribution in [0.4, 0.5) is 0 Å². The minimum Gasteiger partial charge on any atom is -0.363 e. The van der Waals surface area contributed by atoms with Crippen LogP contribution >= 0.6 is 0 Å². The van der Waals surface area contributed by atoms with Gasteiger partial charge in [-0.15, -0.1) is 0 Å². The fraction of sp³-hybridized carbons (Fsp3) is 0.120. The SMILES string of the molecule is CC.c1ccc2c(c1)-c1ccccc1C21c2ccccc2-c2cc[nH]c21. The first-order chi connectivity index (χ1) is 12.9. The number of benzene rings is 3. The van der Waals surface area contributed by atoms with Gasteiger partial charge in [0.2, 0.25) is 0 Å². The van der Waals surface area contributed by atoms with E-state index in [1.165, 1.54) is 44.6 Å². The molecular formula is C25H21N. The summed E-state index contributed by atoms with van der Waals surface area (Å²) in [6.45, 7) is 4.00. The van der Waals surface area contributed by atoms with Crippen LogP contribution in [0.25, 0.3) is 22.3 Å². The average molecular weight is 335 g/mol. The topological polar surface area (TPSA) is 15.8 Å². The molecule has 126 valence electrons. The lowest BCUT2D eigenvalue weighted by molar-refractivity contribution is 0.765. The zero-order valence-electron chi connectivity index (χ0n) is 15.1. The molecule has 0 bridgehead atoms. The summed E-state index contributed by atoms with van der Waals surface area (Å²) in [4.78, 5) is 3.58. The second kappa shape index (κ2) is 5.47. The highest BCUT2D eigenvalue weighted by atomic mass is 14.8. The van der Waals surface area contributed by atoms with E-state index in [1.54, 1.807) is 0 Å². The number of aromatic nitrogens is 1. The fourth-order valence-electron chi connectivity index (χ4n) is 4.88. The highest BCUT2D eigenvalue weighted by Crippen LogP contribution is 2.62. The molecule has 26 heavy (non-hydrogen) atoms. The lowest BCUT2D eigenvalue weighted by Crippen LogP contribution is -2.26. The molecule has 2 aliphatic carbocycles. The second-order valence-electron chi connectivity index (χ2n) is 6.65. The molecule has 0 aliphatic heterocycles. The van der Waals surface area contributed by atoms with Gasteiger partial charge in [0.1, 0.15) is 0 Å². The lowest BCUT2D eigenvalue weighted by Gasteiger charge is -2.29. The van der Waals surface area contributed by atoms with Gasteiger partial charge >= 0.3 is 0 Å². The molecular weight excluding hydrogens is 314 g/mol. The molecule has 1 N–H and O–H groups in total. The summed E-state index contributed by atoms with van der Waals surface area (Å²) >= 11 is 0. The van der Waals surface area contributed by atoms with Crippen LogP contribution in [-0.4, -0.2) is 4.98 Å². The van der Waals surface area contributed by atoms with Crippen LogP contribution < -0.4 is 0 Å². The average Bonchev–Trinajstić information content (AvgIpc) is 3.38. The van der Waals surface area contributed by atoms with Crippen molar-refractivity contribution in [1.82, 2.24) is 4.98 Å². The summed E-state index contributed by atoms with van der Waals surface area (Å²) in [7, 11) is 0. The first-order valence-electron chi connectivity index (χ1n) is 9.39. The molecule has 0 saturated heterocycles. The Morgan fingerprint density at radius 3 is 1.46 bits per heavy atom. The largest absolute Gasteiger partial charge is 0.363 e. The van der Waals surface area contributed by atoms with E-state index in [0.717, 1.165) is 0 Å². The number of hydrogen-bond acceptors (Lipinski definition) is 0. The van der Waals surface area contributed by atoms with Gasteiger partial charge in [-0.3, -0.25) is 0 Å². The maximum absolute atomic E-state index is 3.58. The van der Waals surface area contributed by atoms with Crippen molar-refractivity contribution in [3.05, 3.63) is 107 Å². The lowest BCUT2D eigenvalue weighted by atomic mass is 9.73. The van der Waals surface area contributed by atoms with Gasteiger partial charge in [0, 0.05) is 17.5 Å². The molecule has 3 aromatic carbocycles. The Morgan fingerprint density at radius 1 is 0.538 bits per heavy atom. The normalized spacial score (nSPS) is 14.1. The van der Waals surface area contributed by atoms with Gasteiger partial charge in [0.05, 0.1) is 5.41 Å². The molecule has 6 rings (SSSR count). The predicted octanol–water partition coefficient (Wildman–Crippen LogP) is 6.38. The summed E-state index contributed by atoms with van der Waals surface area (Å²) in [5, 5.41) is 0. The number of aromatic amines is 1. The molecule has 0 unspecified atom stereocenters. The molecule has 0 fully saturated rings. The highest BCUT2D eigenvalue weighted by Gasteiger charge is 2.52. The van der Waals surface area contributed by atoms with E-state index in [1.807, 2.05) is 13.8 Å². The van der Waals surface area contributed by atoms with Crippen molar-refractivity contribution < 1.29 is 0 Å². The Bertz CT molecular complexity index is 1070. The Morgan fingerprint density at radius 2 is 0.962 bits per heavy atom. The Balaban J connectivity index is 0.000000727. The molecule has 0 amide bonds. The maximum atomic E-state index is 3.58. The predicted molar refractivity (Wildman–Crippen MR) is 108 cm³/mol. The van der Waals surface area contributed by atoms with Crippen LogP contribution in [-0.2, 0) is 5.41 Å². The molecule has 2 aliphatic rings. The van der Waals surface area contributed by atoms with Crippen molar-refractivity contribution in [3.8, 4) is 22.3 Å². The summed E-state index contributed by atoms with van der Waals surface area (Å²) in [5.41, 5.74) is 10.7. The van der Waals surface area contributed by atoms with Crippen molar-refractivity contribution in [2.75, 3.05) is 0 Å². The van der Waals surface area contributed by atoms with Gasteiger partial charge in [-0.1, -0.05) is 86.6 Å². The molecule has 1 heterocycles. The number of H-pyrrole nitrogens is 1. The zero-order chi connectivity index (χ0) is 17.7. The monoisotopic (exact) mass is 335 g/mol. The molecule has 1 aromatic heterocycles. The standard InChI is InChI=1S/C23H15N.C2H6/c1-4-10-19-15(7-1)16-8-2-5-11-20(16)23(19)21-12-6-3-9-17(21)18-13-14-24-22(18)23;1-2/h1-14,24H;1-2H3. The van der Waals surface area contributed by atoms with E-state index in [0.29, 0.717) is 0 Å². The van der Waals surface area contributed by atoms with Crippen LogP contribution in [0, 0.1) is 0 Å². The number of hydrogen-bond donors (Lipinski definition) is 1. The molecule has 4 aromatic rings. The Hall–Kier alpha value is -3.06. The van der Waals surface area contributed by atoms with Gasteiger partial charge < -0.3 is 4.98 Å². The molecule has 1 spiro atoms. The van der Waals surface area contributed by atoms with Crippen LogP contribution in [0.5, 0.6) is 0 Å². The van der Waals surface area contributed by atoms with Crippen LogP contribution in [0.1, 0.15) is 36.2 Å².